The van der Waals surface area contributed by atoms with E-state index in [0.717, 1.165) is 24.8 Å². The summed E-state index contributed by atoms with van der Waals surface area (Å²) in [6.07, 6.45) is 8.13. The number of aromatic carboxylic acids is 1. The van der Waals surface area contributed by atoms with E-state index in [9.17, 15) is 14.7 Å². The van der Waals surface area contributed by atoms with Crippen LogP contribution in [0, 0.1) is 0 Å². The molecule has 2 aromatic carbocycles. The number of unbranched alkanes of at least 4 members (excludes halogenated alkanes) is 6. The molecular weight excluding hydrogens is 516 g/mol. The highest BCUT2D eigenvalue weighted by Crippen LogP contribution is 2.23. The van der Waals surface area contributed by atoms with Gasteiger partial charge in [0.25, 0.3) is 6.29 Å². The molecule has 0 heterocycles. The second kappa shape index (κ2) is 20.9. The first kappa shape index (κ1) is 33.2. The van der Waals surface area contributed by atoms with E-state index in [4.69, 9.17) is 28.8 Å². The average molecular weight is 561 g/mol. The Bertz CT molecular complexity index is 979. The maximum absolute atomic E-state index is 13.0. The molecule has 0 amide bonds. The fourth-order valence-electron chi connectivity index (χ4n) is 4.05. The maximum atomic E-state index is 13.0. The summed E-state index contributed by atoms with van der Waals surface area (Å²) in [5, 5.41) is 18.2. The van der Waals surface area contributed by atoms with Gasteiger partial charge in [0.15, 0.2) is 0 Å². The molecule has 222 valence electrons. The van der Waals surface area contributed by atoms with Crippen LogP contribution in [-0.2, 0) is 25.4 Å². The van der Waals surface area contributed by atoms with Crippen molar-refractivity contribution in [3.05, 3.63) is 65.2 Å². The highest BCUT2D eigenvalue weighted by molar-refractivity contribution is 6.02. The topological polar surface area (TPSA) is 121 Å². The average Bonchev–Trinajstić information content (AvgIpc) is 2.96. The lowest BCUT2D eigenvalue weighted by molar-refractivity contribution is -0.0973. The lowest BCUT2D eigenvalue weighted by Gasteiger charge is -2.21. The Kier molecular flexibility index (Phi) is 17.3. The molecule has 0 spiro atoms. The quantitative estimate of drug-likeness (QED) is 0.106. The lowest BCUT2D eigenvalue weighted by atomic mass is 10.0. The molecule has 2 N–H and O–H groups in total. The van der Waals surface area contributed by atoms with E-state index in [1.165, 1.54) is 44.2 Å². The van der Waals surface area contributed by atoms with Gasteiger partial charge in [-0.1, -0.05) is 75.8 Å². The van der Waals surface area contributed by atoms with E-state index < -0.39 is 18.2 Å². The van der Waals surface area contributed by atoms with Gasteiger partial charge < -0.3 is 33.9 Å². The fraction of sp³-hybridized carbons (Fsp3) is 0.548. The van der Waals surface area contributed by atoms with Crippen LogP contribution in [-0.4, -0.2) is 74.7 Å². The van der Waals surface area contributed by atoms with Crippen LogP contribution >= 0.6 is 0 Å². The summed E-state index contributed by atoms with van der Waals surface area (Å²) in [6.45, 7) is 3.60. The van der Waals surface area contributed by atoms with Gasteiger partial charge in [-0.2, -0.15) is 0 Å². The molecule has 40 heavy (non-hydrogen) atoms. The molecule has 2 rings (SSSR count). The first-order valence-electron chi connectivity index (χ1n) is 14.2. The fourth-order valence-corrected chi connectivity index (χ4v) is 4.05. The van der Waals surface area contributed by atoms with Gasteiger partial charge in [0.1, 0.15) is 12.4 Å². The van der Waals surface area contributed by atoms with Gasteiger partial charge in [0.05, 0.1) is 50.8 Å². The van der Waals surface area contributed by atoms with E-state index in [0.29, 0.717) is 25.6 Å². The molecule has 0 radical (unpaired) electrons. The van der Waals surface area contributed by atoms with Crippen LogP contribution in [0.4, 0.5) is 0 Å². The smallest absolute Gasteiger partial charge is 0.342 e. The van der Waals surface area contributed by atoms with Gasteiger partial charge in [-0.05, 0) is 36.6 Å². The van der Waals surface area contributed by atoms with Crippen molar-refractivity contribution in [3.63, 3.8) is 0 Å². The number of hydrogen-bond donors (Lipinski definition) is 2. The minimum Gasteiger partial charge on any atom is -0.478 e. The summed E-state index contributed by atoms with van der Waals surface area (Å²) >= 11 is 0. The number of carbonyl (C=O) groups is 2. The number of aliphatic hydroxyl groups is 1. The van der Waals surface area contributed by atoms with Gasteiger partial charge in [0.2, 0.25) is 0 Å². The molecule has 0 fully saturated rings. The van der Waals surface area contributed by atoms with Gasteiger partial charge in [-0.3, -0.25) is 0 Å². The molecule has 0 aliphatic rings. The molecular formula is C31H44O9. The molecule has 0 saturated heterocycles. The van der Waals surface area contributed by atoms with Crippen LogP contribution in [0.2, 0.25) is 0 Å². The second-order valence-corrected chi connectivity index (χ2v) is 9.31. The van der Waals surface area contributed by atoms with Gasteiger partial charge >= 0.3 is 11.9 Å². The number of aliphatic hydroxyl groups excluding tert-OH is 1. The molecule has 1 unspecified atom stereocenters. The van der Waals surface area contributed by atoms with Crippen molar-refractivity contribution in [2.24, 2.45) is 0 Å². The van der Waals surface area contributed by atoms with Crippen LogP contribution in [0.1, 0.15) is 78.1 Å². The molecule has 0 aliphatic carbocycles. The zero-order valence-electron chi connectivity index (χ0n) is 23.6. The van der Waals surface area contributed by atoms with E-state index in [1.807, 2.05) is 24.3 Å². The monoisotopic (exact) mass is 560 g/mol. The third-order valence-corrected chi connectivity index (χ3v) is 6.13. The highest BCUT2D eigenvalue weighted by atomic mass is 16.7. The van der Waals surface area contributed by atoms with Crippen molar-refractivity contribution >= 4 is 11.9 Å². The number of carboxylic acid groups (broad SMARTS) is 1. The van der Waals surface area contributed by atoms with Crippen LogP contribution in [0.5, 0.6) is 5.75 Å². The summed E-state index contributed by atoms with van der Waals surface area (Å²) in [7, 11) is 0. The van der Waals surface area contributed by atoms with Crippen molar-refractivity contribution < 1.29 is 43.5 Å². The number of aryl methyl sites for hydroxylation is 1. The molecule has 9 heteroatoms. The number of carbonyl (C=O) groups excluding carboxylic acids is 1. The predicted molar refractivity (Wildman–Crippen MR) is 151 cm³/mol. The first-order chi connectivity index (χ1) is 19.6. The Morgan fingerprint density at radius 2 is 1.35 bits per heavy atom. The van der Waals surface area contributed by atoms with Crippen molar-refractivity contribution in [1.29, 1.82) is 0 Å². The van der Waals surface area contributed by atoms with E-state index in [2.05, 4.69) is 6.92 Å². The number of ether oxygens (including phenoxy) is 5. The normalized spacial score (nSPS) is 11.8. The molecule has 1 atom stereocenters. The SMILES string of the molecule is CCCCCCCCCc1ccccc1OC(COCCOCCOCCO)OC(=O)c1ccccc1C(=O)O. The molecule has 9 nitrogen and oxygen atoms in total. The summed E-state index contributed by atoms with van der Waals surface area (Å²) in [4.78, 5) is 24.6. The third kappa shape index (κ3) is 13.4. The molecule has 0 aromatic heterocycles. The number of esters is 1. The number of rotatable bonds is 23. The summed E-state index contributed by atoms with van der Waals surface area (Å²) in [5.74, 6) is -1.44. The molecule has 0 saturated carbocycles. The Morgan fingerprint density at radius 1 is 0.750 bits per heavy atom. The van der Waals surface area contributed by atoms with Crippen molar-refractivity contribution in [2.75, 3.05) is 46.2 Å². The highest BCUT2D eigenvalue weighted by Gasteiger charge is 2.23. The molecule has 2 aromatic rings. The minimum atomic E-state index is -1.22. The maximum Gasteiger partial charge on any atom is 0.342 e. The van der Waals surface area contributed by atoms with Crippen LogP contribution in [0.25, 0.3) is 0 Å². The van der Waals surface area contributed by atoms with Crippen molar-refractivity contribution in [1.82, 2.24) is 0 Å². The summed E-state index contributed by atoms with van der Waals surface area (Å²) in [5.41, 5.74) is 0.795. The lowest BCUT2D eigenvalue weighted by Crippen LogP contribution is -2.31. The third-order valence-electron chi connectivity index (χ3n) is 6.13. The Morgan fingerprint density at radius 3 is 2.05 bits per heavy atom. The molecule has 0 aliphatic heterocycles. The summed E-state index contributed by atoms with van der Waals surface area (Å²) < 4.78 is 28.0. The first-order valence-corrected chi connectivity index (χ1v) is 14.2. The van der Waals surface area contributed by atoms with Gasteiger partial charge in [-0.15, -0.1) is 0 Å². The number of benzene rings is 2. The van der Waals surface area contributed by atoms with Gasteiger partial charge in [-0.25, -0.2) is 9.59 Å². The van der Waals surface area contributed by atoms with Gasteiger partial charge in [0, 0.05) is 0 Å². The van der Waals surface area contributed by atoms with Crippen LogP contribution in [0.3, 0.4) is 0 Å². The molecule has 0 bridgehead atoms. The van der Waals surface area contributed by atoms with E-state index >= 15 is 0 Å². The van der Waals surface area contributed by atoms with E-state index in [1.54, 1.807) is 12.1 Å². The number of hydrogen-bond acceptors (Lipinski definition) is 8. The standard InChI is InChI=1S/C31H44O9/c1-2-3-4-5-6-7-8-13-25-14-9-12-17-28(25)39-29(24-38-23-22-37-21-20-36-19-18-32)40-31(35)27-16-11-10-15-26(27)30(33)34/h9-12,14-17,29,32H,2-8,13,18-24H2,1H3,(H,33,34). The Hall–Kier alpha value is -2.98. The van der Waals surface area contributed by atoms with Crippen molar-refractivity contribution in [2.45, 2.75) is 64.6 Å². The largest absolute Gasteiger partial charge is 0.478 e. The summed E-state index contributed by atoms with van der Waals surface area (Å²) in [6, 6.07) is 13.5. The van der Waals surface area contributed by atoms with E-state index in [-0.39, 0.29) is 37.6 Å². The Balaban J connectivity index is 1.98. The number of para-hydroxylation sites is 1. The zero-order chi connectivity index (χ0) is 28.8. The Labute approximate surface area is 237 Å². The van der Waals surface area contributed by atoms with Crippen LogP contribution in [0.15, 0.2) is 48.5 Å². The zero-order valence-corrected chi connectivity index (χ0v) is 23.6. The minimum absolute atomic E-state index is 0.0393. The number of carboxylic acids is 1. The predicted octanol–water partition coefficient (Wildman–Crippen LogP) is 5.28. The van der Waals surface area contributed by atoms with Crippen molar-refractivity contribution in [3.8, 4) is 5.75 Å². The van der Waals surface area contributed by atoms with Crippen LogP contribution < -0.4 is 4.74 Å². The second-order valence-electron chi connectivity index (χ2n) is 9.31.